The van der Waals surface area contributed by atoms with Gasteiger partial charge in [-0.05, 0) is 12.1 Å². The molecule has 0 atom stereocenters. The maximum absolute atomic E-state index is 4.45. The van der Waals surface area contributed by atoms with Gasteiger partial charge in [-0.2, -0.15) is 0 Å². The molecule has 0 aliphatic carbocycles. The van der Waals surface area contributed by atoms with Crippen molar-refractivity contribution in [3.63, 3.8) is 0 Å². The van der Waals surface area contributed by atoms with Gasteiger partial charge in [-0.1, -0.05) is 0 Å². The Kier molecular flexibility index (Phi) is 2.42. The number of anilines is 1. The lowest BCUT2D eigenvalue weighted by Crippen LogP contribution is -2.43. The van der Waals surface area contributed by atoms with E-state index in [0.29, 0.717) is 0 Å². The molecule has 3 rings (SSSR count). The number of rotatable bonds is 1. The summed E-state index contributed by atoms with van der Waals surface area (Å²) in [6, 6.07) is 4.11. The molecule has 2 aromatic rings. The Morgan fingerprint density at radius 3 is 2.94 bits per heavy atom. The summed E-state index contributed by atoms with van der Waals surface area (Å²) >= 11 is 0. The zero-order valence-electron chi connectivity index (χ0n) is 9.06. The fraction of sp³-hybridized carbons (Fsp3) is 0.333. The van der Waals surface area contributed by atoms with Crippen molar-refractivity contribution in [1.82, 2.24) is 15.3 Å². The van der Waals surface area contributed by atoms with E-state index >= 15 is 0 Å². The number of piperazine rings is 1. The van der Waals surface area contributed by atoms with E-state index in [0.717, 1.165) is 37.1 Å². The minimum atomic E-state index is 1.01. The summed E-state index contributed by atoms with van der Waals surface area (Å²) in [5.41, 5.74) is 2.20. The number of hydrogen-bond acceptors (Lipinski definition) is 4. The molecule has 1 aliphatic rings. The van der Waals surface area contributed by atoms with Crippen LogP contribution < -0.4 is 10.2 Å². The first kappa shape index (κ1) is 9.54. The average molecular weight is 214 g/mol. The molecular formula is C12H14N4. The summed E-state index contributed by atoms with van der Waals surface area (Å²) in [5.74, 6) is 0. The van der Waals surface area contributed by atoms with Crippen LogP contribution in [-0.2, 0) is 0 Å². The SMILES string of the molecule is c1cc2ncc(N3CCNCC3)cc2cn1. The first-order valence-electron chi connectivity index (χ1n) is 5.59. The summed E-state index contributed by atoms with van der Waals surface area (Å²) in [6.07, 6.45) is 5.60. The number of nitrogens with zero attached hydrogens (tertiary/aromatic N) is 3. The summed E-state index contributed by atoms with van der Waals surface area (Å²) in [5, 5.41) is 4.46. The van der Waals surface area contributed by atoms with Gasteiger partial charge in [0.2, 0.25) is 0 Å². The third-order valence-electron chi connectivity index (χ3n) is 2.95. The first-order chi connectivity index (χ1) is 7.93. The highest BCUT2D eigenvalue weighted by molar-refractivity contribution is 5.80. The molecular weight excluding hydrogens is 200 g/mol. The summed E-state index contributed by atoms with van der Waals surface area (Å²) in [4.78, 5) is 10.9. The lowest BCUT2D eigenvalue weighted by Gasteiger charge is -2.29. The third kappa shape index (κ3) is 1.72. The second kappa shape index (κ2) is 4.06. The monoisotopic (exact) mass is 214 g/mol. The predicted octanol–water partition coefficient (Wildman–Crippen LogP) is 1.04. The van der Waals surface area contributed by atoms with Gasteiger partial charge in [-0.15, -0.1) is 0 Å². The lowest BCUT2D eigenvalue weighted by atomic mass is 10.2. The molecule has 4 heteroatoms. The molecule has 2 aromatic heterocycles. The first-order valence-corrected chi connectivity index (χ1v) is 5.59. The molecule has 0 spiro atoms. The molecule has 1 N–H and O–H groups in total. The van der Waals surface area contributed by atoms with Crippen molar-refractivity contribution in [3.05, 3.63) is 30.7 Å². The zero-order valence-corrected chi connectivity index (χ0v) is 9.06. The van der Waals surface area contributed by atoms with Crippen LogP contribution in [0.1, 0.15) is 0 Å². The van der Waals surface area contributed by atoms with Crippen LogP contribution >= 0.6 is 0 Å². The van der Waals surface area contributed by atoms with E-state index in [1.807, 2.05) is 18.5 Å². The standard InChI is InChI=1S/C12H14N4/c1-2-14-8-10-7-11(9-15-12(1)10)16-5-3-13-4-6-16/h1-2,7-9,13H,3-6H2. The Morgan fingerprint density at radius 1 is 1.19 bits per heavy atom. The van der Waals surface area contributed by atoms with Crippen LogP contribution in [0.5, 0.6) is 0 Å². The van der Waals surface area contributed by atoms with E-state index in [1.165, 1.54) is 5.69 Å². The van der Waals surface area contributed by atoms with Gasteiger partial charge < -0.3 is 10.2 Å². The molecule has 1 saturated heterocycles. The van der Waals surface area contributed by atoms with Gasteiger partial charge in [0.15, 0.2) is 0 Å². The van der Waals surface area contributed by atoms with Gasteiger partial charge in [0.1, 0.15) is 0 Å². The molecule has 1 aliphatic heterocycles. The van der Waals surface area contributed by atoms with E-state index in [2.05, 4.69) is 26.3 Å². The molecule has 0 saturated carbocycles. The molecule has 82 valence electrons. The van der Waals surface area contributed by atoms with Crippen LogP contribution in [-0.4, -0.2) is 36.1 Å². The van der Waals surface area contributed by atoms with Gasteiger partial charge in [0.25, 0.3) is 0 Å². The minimum Gasteiger partial charge on any atom is -0.368 e. The summed E-state index contributed by atoms with van der Waals surface area (Å²) in [6.45, 7) is 4.19. The molecule has 0 aromatic carbocycles. The third-order valence-corrected chi connectivity index (χ3v) is 2.95. The largest absolute Gasteiger partial charge is 0.368 e. The maximum atomic E-state index is 4.45. The average Bonchev–Trinajstić information content (AvgIpc) is 2.39. The van der Waals surface area contributed by atoms with Crippen LogP contribution in [0.4, 0.5) is 5.69 Å². The highest BCUT2D eigenvalue weighted by Crippen LogP contribution is 2.19. The molecule has 0 amide bonds. The fourth-order valence-electron chi connectivity index (χ4n) is 2.06. The molecule has 0 radical (unpaired) electrons. The van der Waals surface area contributed by atoms with Gasteiger partial charge in [0.05, 0.1) is 17.4 Å². The molecule has 3 heterocycles. The van der Waals surface area contributed by atoms with Crippen molar-refractivity contribution in [2.75, 3.05) is 31.1 Å². The van der Waals surface area contributed by atoms with Crippen molar-refractivity contribution >= 4 is 16.6 Å². The minimum absolute atomic E-state index is 1.01. The normalized spacial score (nSPS) is 16.6. The van der Waals surface area contributed by atoms with Crippen LogP contribution in [0, 0.1) is 0 Å². The van der Waals surface area contributed by atoms with Crippen molar-refractivity contribution in [2.45, 2.75) is 0 Å². The Bertz CT molecular complexity index is 491. The lowest BCUT2D eigenvalue weighted by molar-refractivity contribution is 0.589. The van der Waals surface area contributed by atoms with E-state index in [9.17, 15) is 0 Å². The molecule has 4 nitrogen and oxygen atoms in total. The van der Waals surface area contributed by atoms with Crippen LogP contribution in [0.15, 0.2) is 30.7 Å². The van der Waals surface area contributed by atoms with Crippen molar-refractivity contribution in [2.24, 2.45) is 0 Å². The number of hydrogen-bond donors (Lipinski definition) is 1. The Balaban J connectivity index is 1.97. The highest BCUT2D eigenvalue weighted by atomic mass is 15.2. The van der Waals surface area contributed by atoms with Crippen LogP contribution in [0.2, 0.25) is 0 Å². The fourth-order valence-corrected chi connectivity index (χ4v) is 2.06. The summed E-state index contributed by atoms with van der Waals surface area (Å²) in [7, 11) is 0. The number of fused-ring (bicyclic) bond motifs is 1. The molecule has 0 bridgehead atoms. The number of nitrogens with one attached hydrogen (secondary N) is 1. The van der Waals surface area contributed by atoms with Gasteiger partial charge >= 0.3 is 0 Å². The van der Waals surface area contributed by atoms with Crippen LogP contribution in [0.25, 0.3) is 10.9 Å². The Morgan fingerprint density at radius 2 is 2.06 bits per heavy atom. The molecule has 16 heavy (non-hydrogen) atoms. The maximum Gasteiger partial charge on any atom is 0.0734 e. The summed E-state index contributed by atoms with van der Waals surface area (Å²) < 4.78 is 0. The van der Waals surface area contributed by atoms with Gasteiger partial charge in [-0.3, -0.25) is 9.97 Å². The van der Waals surface area contributed by atoms with Crippen molar-refractivity contribution in [1.29, 1.82) is 0 Å². The van der Waals surface area contributed by atoms with E-state index < -0.39 is 0 Å². The number of aromatic nitrogens is 2. The second-order valence-electron chi connectivity index (χ2n) is 4.00. The Labute approximate surface area is 94.3 Å². The van der Waals surface area contributed by atoms with E-state index in [-0.39, 0.29) is 0 Å². The van der Waals surface area contributed by atoms with E-state index in [4.69, 9.17) is 0 Å². The van der Waals surface area contributed by atoms with Crippen molar-refractivity contribution < 1.29 is 0 Å². The van der Waals surface area contributed by atoms with Gasteiger partial charge in [-0.25, -0.2) is 0 Å². The predicted molar refractivity (Wildman–Crippen MR) is 64.6 cm³/mol. The van der Waals surface area contributed by atoms with Gasteiger partial charge in [0, 0.05) is 44.0 Å². The Hall–Kier alpha value is -1.68. The molecule has 1 fully saturated rings. The zero-order chi connectivity index (χ0) is 10.8. The van der Waals surface area contributed by atoms with Crippen molar-refractivity contribution in [3.8, 4) is 0 Å². The topological polar surface area (TPSA) is 41.1 Å². The molecule has 0 unspecified atom stereocenters. The quantitative estimate of drug-likeness (QED) is 0.770. The van der Waals surface area contributed by atoms with Crippen LogP contribution in [0.3, 0.4) is 0 Å². The number of pyridine rings is 2. The highest BCUT2D eigenvalue weighted by Gasteiger charge is 2.10. The van der Waals surface area contributed by atoms with E-state index in [1.54, 1.807) is 6.20 Å². The smallest absolute Gasteiger partial charge is 0.0734 e. The second-order valence-corrected chi connectivity index (χ2v) is 4.00.